The third-order valence-electron chi connectivity index (χ3n) is 6.05. The lowest BCUT2D eigenvalue weighted by atomic mass is 10.0. The van der Waals surface area contributed by atoms with E-state index in [2.05, 4.69) is 15.6 Å². The molecule has 1 saturated heterocycles. The van der Waals surface area contributed by atoms with E-state index in [4.69, 9.17) is 14.2 Å². The SMILES string of the molecule is COc1cnc2cccc(OC[C@@H]3CC[C@@H](NCc4cc5c(cc4F)SCC(=O)N5)CO3)c2c1. The number of hydrogen-bond acceptors (Lipinski definition) is 7. The fourth-order valence-corrected chi connectivity index (χ4v) is 4.97. The number of hydrogen-bond donors (Lipinski definition) is 2. The van der Waals surface area contributed by atoms with Gasteiger partial charge in [0.05, 0.1) is 43.0 Å². The van der Waals surface area contributed by atoms with Crippen LogP contribution in [0.15, 0.2) is 47.5 Å². The number of nitrogens with zero attached hydrogens (tertiary/aromatic N) is 1. The molecule has 0 radical (unpaired) electrons. The summed E-state index contributed by atoms with van der Waals surface area (Å²) in [6, 6.07) is 11.0. The number of halogens is 1. The Bertz CT molecular complexity index is 1200. The number of ether oxygens (including phenoxy) is 3. The Balaban J connectivity index is 1.13. The molecular formula is C25H26FN3O4S. The molecule has 9 heteroatoms. The van der Waals surface area contributed by atoms with Gasteiger partial charge >= 0.3 is 0 Å². The number of anilines is 1. The van der Waals surface area contributed by atoms with Gasteiger partial charge in [0.2, 0.25) is 5.91 Å². The van der Waals surface area contributed by atoms with Gasteiger partial charge in [-0.3, -0.25) is 9.78 Å². The Kier molecular flexibility index (Phi) is 6.85. The Labute approximate surface area is 201 Å². The minimum atomic E-state index is -0.265. The van der Waals surface area contributed by atoms with Crippen LogP contribution in [-0.2, 0) is 16.1 Å². The van der Waals surface area contributed by atoms with Gasteiger partial charge in [0.25, 0.3) is 0 Å². The standard InChI is InChI=1S/C25H26FN3O4S/c1-31-18-8-19-21(28-11-18)3-2-4-23(19)33-13-17-6-5-16(12-32-17)27-10-15-7-22-24(9-20(15)26)34-14-25(30)29-22/h2-4,7-9,11,16-17,27H,5-6,10,12-14H2,1H3,(H,29,30)/t16-,17+/m1/s1. The van der Waals surface area contributed by atoms with Crippen LogP contribution in [0.4, 0.5) is 10.1 Å². The summed E-state index contributed by atoms with van der Waals surface area (Å²) in [7, 11) is 1.61. The Morgan fingerprint density at radius 2 is 2.21 bits per heavy atom. The van der Waals surface area contributed by atoms with Gasteiger partial charge in [-0.2, -0.15) is 0 Å². The number of fused-ring (bicyclic) bond motifs is 2. The summed E-state index contributed by atoms with van der Waals surface area (Å²) in [4.78, 5) is 16.8. The summed E-state index contributed by atoms with van der Waals surface area (Å²) in [5, 5.41) is 7.09. The minimum Gasteiger partial charge on any atom is -0.495 e. The summed E-state index contributed by atoms with van der Waals surface area (Å²) < 4.78 is 31.9. The molecule has 0 spiro atoms. The van der Waals surface area contributed by atoms with Crippen LogP contribution in [-0.4, -0.2) is 49.1 Å². The molecule has 0 saturated carbocycles. The Hall–Kier alpha value is -2.88. The van der Waals surface area contributed by atoms with Gasteiger partial charge in [-0.25, -0.2) is 4.39 Å². The zero-order chi connectivity index (χ0) is 23.5. The molecule has 0 unspecified atom stereocenters. The average molecular weight is 484 g/mol. The second-order valence-corrected chi connectivity index (χ2v) is 9.41. The number of amides is 1. The molecule has 1 aromatic heterocycles. The highest BCUT2D eigenvalue weighted by atomic mass is 32.2. The molecular weight excluding hydrogens is 457 g/mol. The number of nitrogens with one attached hydrogen (secondary N) is 2. The topological polar surface area (TPSA) is 81.7 Å². The van der Waals surface area contributed by atoms with Crippen molar-refractivity contribution in [3.8, 4) is 11.5 Å². The lowest BCUT2D eigenvalue weighted by Gasteiger charge is -2.30. The maximum absolute atomic E-state index is 14.5. The van der Waals surface area contributed by atoms with E-state index >= 15 is 0 Å². The Morgan fingerprint density at radius 1 is 1.29 bits per heavy atom. The van der Waals surface area contributed by atoms with Crippen LogP contribution in [0.3, 0.4) is 0 Å². The third kappa shape index (κ3) is 5.11. The first-order valence-corrected chi connectivity index (χ1v) is 12.2. The highest BCUT2D eigenvalue weighted by Gasteiger charge is 2.23. The molecule has 2 aromatic carbocycles. The highest BCUT2D eigenvalue weighted by molar-refractivity contribution is 8.00. The lowest BCUT2D eigenvalue weighted by molar-refractivity contribution is -0.113. The molecule has 2 aliphatic heterocycles. The molecule has 178 valence electrons. The van der Waals surface area contributed by atoms with Crippen LogP contribution < -0.4 is 20.1 Å². The average Bonchev–Trinajstić information content (AvgIpc) is 2.86. The first-order valence-electron chi connectivity index (χ1n) is 11.2. The van der Waals surface area contributed by atoms with Crippen molar-refractivity contribution in [2.75, 3.05) is 31.4 Å². The predicted molar refractivity (Wildman–Crippen MR) is 129 cm³/mol. The van der Waals surface area contributed by atoms with Crippen molar-refractivity contribution >= 4 is 34.3 Å². The maximum Gasteiger partial charge on any atom is 0.234 e. The lowest BCUT2D eigenvalue weighted by Crippen LogP contribution is -2.41. The Morgan fingerprint density at radius 3 is 3.03 bits per heavy atom. The first kappa shape index (κ1) is 22.9. The smallest absolute Gasteiger partial charge is 0.234 e. The second-order valence-electron chi connectivity index (χ2n) is 8.40. The minimum absolute atomic E-state index is 0.0143. The molecule has 0 aliphatic carbocycles. The normalized spacial score (nSPS) is 20.0. The quantitative estimate of drug-likeness (QED) is 0.523. The fourth-order valence-electron chi connectivity index (χ4n) is 4.16. The maximum atomic E-state index is 14.5. The number of methoxy groups -OCH3 is 1. The van der Waals surface area contributed by atoms with Crippen LogP contribution in [0, 0.1) is 5.82 Å². The van der Waals surface area contributed by atoms with E-state index in [1.807, 2.05) is 24.3 Å². The van der Waals surface area contributed by atoms with E-state index in [0.717, 1.165) is 34.4 Å². The van der Waals surface area contributed by atoms with Gasteiger partial charge in [-0.1, -0.05) is 6.07 Å². The molecule has 2 aliphatic rings. The van der Waals surface area contributed by atoms with Crippen LogP contribution in [0.2, 0.25) is 0 Å². The van der Waals surface area contributed by atoms with E-state index in [1.54, 1.807) is 19.4 Å². The van der Waals surface area contributed by atoms with Crippen molar-refractivity contribution in [2.45, 2.75) is 36.4 Å². The molecule has 5 rings (SSSR count). The summed E-state index contributed by atoms with van der Waals surface area (Å²) in [6.45, 7) is 1.34. The van der Waals surface area contributed by atoms with Crippen molar-refractivity contribution in [2.24, 2.45) is 0 Å². The van der Waals surface area contributed by atoms with E-state index in [1.165, 1.54) is 17.8 Å². The number of aromatic nitrogens is 1. The van der Waals surface area contributed by atoms with Crippen molar-refractivity contribution in [3.05, 3.63) is 54.0 Å². The monoisotopic (exact) mass is 483 g/mol. The van der Waals surface area contributed by atoms with Gasteiger partial charge in [0.1, 0.15) is 23.9 Å². The van der Waals surface area contributed by atoms with Crippen molar-refractivity contribution in [3.63, 3.8) is 0 Å². The molecule has 7 nitrogen and oxygen atoms in total. The van der Waals surface area contributed by atoms with Gasteiger partial charge < -0.3 is 24.8 Å². The second kappa shape index (κ2) is 10.2. The number of carbonyl (C=O) groups is 1. The van der Waals surface area contributed by atoms with Gasteiger partial charge in [0.15, 0.2) is 0 Å². The van der Waals surface area contributed by atoms with Crippen LogP contribution in [0.5, 0.6) is 11.5 Å². The largest absolute Gasteiger partial charge is 0.495 e. The molecule has 3 aromatic rings. The molecule has 0 bridgehead atoms. The summed E-state index contributed by atoms with van der Waals surface area (Å²) in [5.74, 6) is 1.43. The third-order valence-corrected chi connectivity index (χ3v) is 7.11. The van der Waals surface area contributed by atoms with E-state index in [-0.39, 0.29) is 23.9 Å². The molecule has 2 atom stereocenters. The molecule has 3 heterocycles. The van der Waals surface area contributed by atoms with Gasteiger partial charge in [-0.05, 0) is 43.2 Å². The number of thioether (sulfide) groups is 1. The molecule has 1 fully saturated rings. The van der Waals surface area contributed by atoms with E-state index in [9.17, 15) is 9.18 Å². The van der Waals surface area contributed by atoms with E-state index < -0.39 is 0 Å². The molecule has 2 N–H and O–H groups in total. The summed E-state index contributed by atoms with van der Waals surface area (Å²) in [5.41, 5.74) is 2.06. The zero-order valence-corrected chi connectivity index (χ0v) is 19.6. The predicted octanol–water partition coefficient (Wildman–Crippen LogP) is 4.14. The van der Waals surface area contributed by atoms with Crippen LogP contribution in [0.1, 0.15) is 18.4 Å². The molecule has 1 amide bonds. The first-order chi connectivity index (χ1) is 16.6. The zero-order valence-electron chi connectivity index (χ0n) is 18.8. The fraction of sp³-hybridized carbons (Fsp3) is 0.360. The summed E-state index contributed by atoms with van der Waals surface area (Å²) in [6.07, 6.45) is 3.41. The van der Waals surface area contributed by atoms with Gasteiger partial charge in [-0.15, -0.1) is 11.8 Å². The number of benzene rings is 2. The van der Waals surface area contributed by atoms with Crippen LogP contribution in [0.25, 0.3) is 10.9 Å². The van der Waals surface area contributed by atoms with Crippen LogP contribution >= 0.6 is 11.8 Å². The van der Waals surface area contributed by atoms with Crippen molar-refractivity contribution in [1.82, 2.24) is 10.3 Å². The van der Waals surface area contributed by atoms with Crippen molar-refractivity contribution in [1.29, 1.82) is 0 Å². The number of pyridine rings is 1. The molecule has 34 heavy (non-hydrogen) atoms. The van der Waals surface area contributed by atoms with Gasteiger partial charge in [0, 0.05) is 28.4 Å². The van der Waals surface area contributed by atoms with E-state index in [0.29, 0.717) is 42.5 Å². The summed E-state index contributed by atoms with van der Waals surface area (Å²) >= 11 is 1.36. The number of carbonyl (C=O) groups excluding carboxylic acids is 1. The van der Waals surface area contributed by atoms with Crippen molar-refractivity contribution < 1.29 is 23.4 Å². The highest BCUT2D eigenvalue weighted by Crippen LogP contribution is 2.33. The number of rotatable bonds is 7.